The molecule has 2 aromatic rings. The third-order valence-corrected chi connectivity index (χ3v) is 5.93. The number of piperidine rings is 1. The maximum atomic E-state index is 12.8. The second kappa shape index (κ2) is 7.68. The summed E-state index contributed by atoms with van der Waals surface area (Å²) in [4.78, 5) is 8.29. The van der Waals surface area contributed by atoms with Gasteiger partial charge in [-0.2, -0.15) is 14.6 Å². The first-order valence-electron chi connectivity index (χ1n) is 8.06. The van der Waals surface area contributed by atoms with Crippen LogP contribution in [0.2, 0.25) is 0 Å². The molecule has 9 heteroatoms. The number of ether oxygens (including phenoxy) is 2. The Kier molecular flexibility index (Phi) is 5.35. The third kappa shape index (κ3) is 3.92. The number of hydrogen-bond acceptors (Lipinski definition) is 7. The minimum absolute atomic E-state index is 0.165. The van der Waals surface area contributed by atoms with Gasteiger partial charge in [-0.05, 0) is 37.1 Å². The number of nitrogens with zero attached hydrogens (tertiary/aromatic N) is 4. The Morgan fingerprint density at radius 3 is 2.65 bits per heavy atom. The first kappa shape index (κ1) is 18.1. The zero-order chi connectivity index (χ0) is 18.6. The second-order valence-electron chi connectivity index (χ2n) is 5.78. The predicted molar refractivity (Wildman–Crippen MR) is 92.1 cm³/mol. The van der Waals surface area contributed by atoms with Gasteiger partial charge in [0.1, 0.15) is 6.10 Å². The van der Waals surface area contributed by atoms with E-state index in [1.54, 1.807) is 0 Å². The molecule has 0 spiro atoms. The molecular formula is C17H18N4O4S. The second-order valence-corrected chi connectivity index (χ2v) is 7.72. The Bertz CT molecular complexity index is 909. The summed E-state index contributed by atoms with van der Waals surface area (Å²) in [6.07, 6.45) is 4.01. The summed E-state index contributed by atoms with van der Waals surface area (Å²) in [5.74, 6) is 0.632. The van der Waals surface area contributed by atoms with Gasteiger partial charge in [0.05, 0.1) is 42.6 Å². The van der Waals surface area contributed by atoms with E-state index in [9.17, 15) is 8.42 Å². The highest BCUT2D eigenvalue weighted by atomic mass is 32.2. The molecule has 1 unspecified atom stereocenters. The maximum absolute atomic E-state index is 12.8. The Morgan fingerprint density at radius 2 is 1.96 bits per heavy atom. The van der Waals surface area contributed by atoms with Crippen LogP contribution >= 0.6 is 0 Å². The number of hydrogen-bond donors (Lipinski definition) is 0. The monoisotopic (exact) mass is 374 g/mol. The highest BCUT2D eigenvalue weighted by Crippen LogP contribution is 2.23. The summed E-state index contributed by atoms with van der Waals surface area (Å²) in [6.45, 7) is 0.646. The Hall–Kier alpha value is -2.70. The van der Waals surface area contributed by atoms with Crippen LogP contribution in [0.25, 0.3) is 0 Å². The fourth-order valence-electron chi connectivity index (χ4n) is 2.73. The molecule has 3 rings (SSSR count). The molecule has 0 bridgehead atoms. The molecule has 0 saturated carbocycles. The van der Waals surface area contributed by atoms with Crippen LogP contribution in [0, 0.1) is 11.3 Å². The molecule has 0 aliphatic carbocycles. The minimum Gasteiger partial charge on any atom is -0.480 e. The lowest BCUT2D eigenvalue weighted by Crippen LogP contribution is -2.44. The molecule has 1 aromatic heterocycles. The van der Waals surface area contributed by atoms with E-state index in [0.29, 0.717) is 30.3 Å². The fraction of sp³-hybridized carbons (Fsp3) is 0.353. The van der Waals surface area contributed by atoms with Gasteiger partial charge in [-0.15, -0.1) is 0 Å². The zero-order valence-electron chi connectivity index (χ0n) is 14.2. The third-order valence-electron chi connectivity index (χ3n) is 4.05. The van der Waals surface area contributed by atoms with Crippen LogP contribution in [0.3, 0.4) is 0 Å². The van der Waals surface area contributed by atoms with Crippen molar-refractivity contribution in [2.45, 2.75) is 23.8 Å². The Morgan fingerprint density at radius 1 is 1.23 bits per heavy atom. The Labute approximate surface area is 152 Å². The molecule has 8 nitrogen and oxygen atoms in total. The number of aromatic nitrogens is 2. The van der Waals surface area contributed by atoms with Gasteiger partial charge in [0.25, 0.3) is 0 Å². The number of nitriles is 1. The van der Waals surface area contributed by atoms with Crippen LogP contribution in [0.15, 0.2) is 41.6 Å². The van der Waals surface area contributed by atoms with Crippen LogP contribution in [-0.2, 0) is 10.0 Å². The highest BCUT2D eigenvalue weighted by Gasteiger charge is 2.31. The number of rotatable bonds is 5. The lowest BCUT2D eigenvalue weighted by molar-refractivity contribution is 0.123. The first-order chi connectivity index (χ1) is 12.5. The van der Waals surface area contributed by atoms with E-state index in [2.05, 4.69) is 9.97 Å². The van der Waals surface area contributed by atoms with Crippen molar-refractivity contribution in [1.29, 1.82) is 5.26 Å². The normalized spacial score (nSPS) is 18.1. The summed E-state index contributed by atoms with van der Waals surface area (Å²) < 4.78 is 37.9. The summed E-state index contributed by atoms with van der Waals surface area (Å²) in [6, 6.07) is 7.87. The van der Waals surface area contributed by atoms with Gasteiger partial charge in [0.2, 0.25) is 21.8 Å². The van der Waals surface area contributed by atoms with E-state index < -0.39 is 10.0 Å². The van der Waals surface area contributed by atoms with Crippen molar-refractivity contribution in [3.05, 3.63) is 42.2 Å². The standard InChI is InChI=1S/C17H18N4O4S/c1-24-16-10-19-11-17(20-16)25-14-3-2-8-21(12-14)26(22,23)15-6-4-13(9-18)5-7-15/h4-7,10-11,14H,2-3,8,12H2,1H3. The van der Waals surface area contributed by atoms with E-state index in [0.717, 1.165) is 6.42 Å². The quantitative estimate of drug-likeness (QED) is 0.782. The van der Waals surface area contributed by atoms with E-state index >= 15 is 0 Å². The lowest BCUT2D eigenvalue weighted by atomic mass is 10.1. The lowest BCUT2D eigenvalue weighted by Gasteiger charge is -2.31. The topological polar surface area (TPSA) is 105 Å². The van der Waals surface area contributed by atoms with Gasteiger partial charge < -0.3 is 9.47 Å². The van der Waals surface area contributed by atoms with E-state index in [-0.39, 0.29) is 17.5 Å². The molecule has 1 aliphatic rings. The molecule has 2 heterocycles. The van der Waals surface area contributed by atoms with E-state index in [1.165, 1.54) is 48.1 Å². The molecule has 0 N–H and O–H groups in total. The molecule has 1 saturated heterocycles. The summed E-state index contributed by atoms with van der Waals surface area (Å²) in [7, 11) is -2.16. The van der Waals surface area contributed by atoms with E-state index in [4.69, 9.17) is 14.7 Å². The SMILES string of the molecule is COc1cncc(OC2CCCN(S(=O)(=O)c3ccc(C#N)cc3)C2)n1. The van der Waals surface area contributed by atoms with Crippen molar-refractivity contribution in [2.24, 2.45) is 0 Å². The van der Waals surface area contributed by atoms with Crippen molar-refractivity contribution < 1.29 is 17.9 Å². The summed E-state index contributed by atoms with van der Waals surface area (Å²) >= 11 is 0. The molecule has 26 heavy (non-hydrogen) atoms. The Balaban J connectivity index is 1.73. The van der Waals surface area contributed by atoms with Gasteiger partial charge >= 0.3 is 0 Å². The maximum Gasteiger partial charge on any atom is 0.243 e. The van der Waals surface area contributed by atoms with Gasteiger partial charge in [0, 0.05) is 6.54 Å². The molecule has 1 fully saturated rings. The molecule has 1 aliphatic heterocycles. The van der Waals surface area contributed by atoms with Crippen LogP contribution in [-0.4, -0.2) is 49.0 Å². The van der Waals surface area contributed by atoms with Crippen molar-refractivity contribution >= 4 is 10.0 Å². The molecule has 136 valence electrons. The van der Waals surface area contributed by atoms with E-state index in [1.807, 2.05) is 6.07 Å². The van der Waals surface area contributed by atoms with Gasteiger partial charge in [-0.25, -0.2) is 8.42 Å². The van der Waals surface area contributed by atoms with Crippen LogP contribution in [0.4, 0.5) is 0 Å². The molecule has 1 atom stereocenters. The van der Waals surface area contributed by atoms with Crippen molar-refractivity contribution in [2.75, 3.05) is 20.2 Å². The van der Waals surface area contributed by atoms with Crippen molar-refractivity contribution in [1.82, 2.24) is 14.3 Å². The highest BCUT2D eigenvalue weighted by molar-refractivity contribution is 7.89. The predicted octanol–water partition coefficient (Wildman–Crippen LogP) is 1.59. The average molecular weight is 374 g/mol. The van der Waals surface area contributed by atoms with Crippen LogP contribution in [0.5, 0.6) is 11.8 Å². The fourth-order valence-corrected chi connectivity index (χ4v) is 4.24. The van der Waals surface area contributed by atoms with Gasteiger partial charge in [-0.3, -0.25) is 4.98 Å². The molecule has 0 amide bonds. The van der Waals surface area contributed by atoms with Gasteiger partial charge in [-0.1, -0.05) is 0 Å². The van der Waals surface area contributed by atoms with Crippen LogP contribution in [0.1, 0.15) is 18.4 Å². The van der Waals surface area contributed by atoms with Crippen molar-refractivity contribution in [3.8, 4) is 17.8 Å². The number of sulfonamides is 1. The number of methoxy groups -OCH3 is 1. The number of benzene rings is 1. The first-order valence-corrected chi connectivity index (χ1v) is 9.50. The average Bonchev–Trinajstić information content (AvgIpc) is 2.68. The zero-order valence-corrected chi connectivity index (χ0v) is 15.0. The molecule has 0 radical (unpaired) electrons. The van der Waals surface area contributed by atoms with Crippen LogP contribution < -0.4 is 9.47 Å². The molecule has 1 aromatic carbocycles. The van der Waals surface area contributed by atoms with Gasteiger partial charge in [0.15, 0.2) is 0 Å². The minimum atomic E-state index is -3.64. The van der Waals surface area contributed by atoms with Crippen molar-refractivity contribution in [3.63, 3.8) is 0 Å². The largest absolute Gasteiger partial charge is 0.480 e. The smallest absolute Gasteiger partial charge is 0.243 e. The summed E-state index contributed by atoms with van der Waals surface area (Å²) in [5, 5.41) is 8.85. The summed E-state index contributed by atoms with van der Waals surface area (Å²) in [5.41, 5.74) is 0.417. The molecular weight excluding hydrogens is 356 g/mol.